The average molecular weight is 405 g/mol. The van der Waals surface area contributed by atoms with Gasteiger partial charge < -0.3 is 14.6 Å². The van der Waals surface area contributed by atoms with E-state index in [1.807, 2.05) is 6.07 Å². The van der Waals surface area contributed by atoms with Gasteiger partial charge in [-0.05, 0) is 39.8 Å². The molecule has 8 nitrogen and oxygen atoms in total. The van der Waals surface area contributed by atoms with Crippen LogP contribution in [-0.4, -0.2) is 35.2 Å². The Labute approximate surface area is 167 Å². The Balaban J connectivity index is 1.90. The maximum Gasteiger partial charge on any atom is 0.339 e. The number of aromatic nitrogens is 1. The molecule has 0 bridgehead atoms. The van der Waals surface area contributed by atoms with Gasteiger partial charge in [-0.1, -0.05) is 17.3 Å². The topological polar surface area (TPSA) is 111 Å². The zero-order valence-corrected chi connectivity index (χ0v) is 17.0. The number of hydrogen-bond donors (Lipinski definition) is 2. The van der Waals surface area contributed by atoms with Gasteiger partial charge in [0.1, 0.15) is 5.76 Å². The zero-order valence-electron chi connectivity index (χ0n) is 16.2. The number of esters is 1. The average Bonchev–Trinajstić information content (AvgIpc) is 3.01. The molecule has 0 spiro atoms. The number of carbonyl (C=O) groups is 3. The van der Waals surface area contributed by atoms with Crippen molar-refractivity contribution in [2.75, 3.05) is 6.61 Å². The second kappa shape index (κ2) is 9.41. The van der Waals surface area contributed by atoms with Crippen molar-refractivity contribution in [1.82, 2.24) is 15.8 Å². The predicted molar refractivity (Wildman–Crippen MR) is 104 cm³/mol. The van der Waals surface area contributed by atoms with Crippen LogP contribution in [-0.2, 0) is 15.3 Å². The minimum absolute atomic E-state index is 0.333. The third-order valence-corrected chi connectivity index (χ3v) is 4.34. The molecule has 2 N–H and O–H groups in total. The molecular formula is C19H23N3O5S. The maximum absolute atomic E-state index is 12.3. The highest BCUT2D eigenvalue weighted by atomic mass is 32.2. The lowest BCUT2D eigenvalue weighted by Crippen LogP contribution is -2.49. The van der Waals surface area contributed by atoms with E-state index in [0.29, 0.717) is 22.0 Å². The summed E-state index contributed by atoms with van der Waals surface area (Å²) in [4.78, 5) is 36.5. The van der Waals surface area contributed by atoms with E-state index in [9.17, 15) is 14.4 Å². The summed E-state index contributed by atoms with van der Waals surface area (Å²) in [6.45, 7) is 6.60. The number of nitrogens with zero attached hydrogens (tertiary/aromatic N) is 1. The van der Waals surface area contributed by atoms with E-state index in [1.54, 1.807) is 52.0 Å². The van der Waals surface area contributed by atoms with Gasteiger partial charge in [-0.15, -0.1) is 11.8 Å². The maximum atomic E-state index is 12.3. The van der Waals surface area contributed by atoms with E-state index in [4.69, 9.17) is 9.26 Å². The second-order valence-electron chi connectivity index (χ2n) is 7.04. The molecule has 150 valence electrons. The van der Waals surface area contributed by atoms with Crippen molar-refractivity contribution in [3.8, 4) is 0 Å². The molecule has 3 amide bonds. The molecule has 0 aliphatic rings. The first-order valence-corrected chi connectivity index (χ1v) is 9.56. The Bertz CT molecular complexity index is 857. The third-order valence-electron chi connectivity index (χ3n) is 3.24. The van der Waals surface area contributed by atoms with Crippen molar-refractivity contribution >= 4 is 29.7 Å². The summed E-state index contributed by atoms with van der Waals surface area (Å²) in [5.74, 6) is -0.122. The van der Waals surface area contributed by atoms with Crippen molar-refractivity contribution in [3.05, 3.63) is 47.3 Å². The highest BCUT2D eigenvalue weighted by Crippen LogP contribution is 2.26. The molecule has 0 radical (unpaired) electrons. The molecule has 0 saturated heterocycles. The molecule has 0 aliphatic carbocycles. The minimum atomic E-state index is -0.710. The summed E-state index contributed by atoms with van der Waals surface area (Å²) in [5, 5.41) is 8.62. The number of rotatable bonds is 6. The smallest absolute Gasteiger partial charge is 0.339 e. The van der Waals surface area contributed by atoms with Crippen LogP contribution >= 0.6 is 11.8 Å². The number of ether oxygens (including phenoxy) is 1. The summed E-state index contributed by atoms with van der Waals surface area (Å²) in [7, 11) is 0. The molecule has 0 aliphatic heterocycles. The Kier molecular flexibility index (Phi) is 7.22. The fourth-order valence-corrected chi connectivity index (χ4v) is 3.06. The number of imide groups is 1. The van der Waals surface area contributed by atoms with Crippen LogP contribution in [0.3, 0.4) is 0 Å². The van der Waals surface area contributed by atoms with Gasteiger partial charge >= 0.3 is 12.0 Å². The Morgan fingerprint density at radius 1 is 1.21 bits per heavy atom. The normalized spacial score (nSPS) is 11.0. The van der Waals surface area contributed by atoms with Crippen molar-refractivity contribution < 1.29 is 23.6 Å². The fourth-order valence-electron chi connectivity index (χ4n) is 2.14. The summed E-state index contributed by atoms with van der Waals surface area (Å²) in [6, 6.07) is 8.08. The molecule has 1 heterocycles. The molecule has 0 atom stereocenters. The second-order valence-corrected chi connectivity index (χ2v) is 8.06. The number of nitrogens with one attached hydrogen (secondary N) is 2. The van der Waals surface area contributed by atoms with Crippen molar-refractivity contribution in [1.29, 1.82) is 0 Å². The van der Waals surface area contributed by atoms with Gasteiger partial charge in [-0.25, -0.2) is 9.59 Å². The fraction of sp³-hybridized carbons (Fsp3) is 0.368. The van der Waals surface area contributed by atoms with Crippen molar-refractivity contribution in [2.24, 2.45) is 0 Å². The molecule has 2 rings (SSSR count). The molecule has 1 aromatic heterocycles. The number of benzene rings is 1. The van der Waals surface area contributed by atoms with Crippen LogP contribution in [0.1, 0.15) is 42.6 Å². The first-order valence-electron chi connectivity index (χ1n) is 8.57. The summed E-state index contributed by atoms with van der Waals surface area (Å²) >= 11 is 1.41. The highest BCUT2D eigenvalue weighted by Gasteiger charge is 2.18. The van der Waals surface area contributed by atoms with Crippen LogP contribution in [0, 0.1) is 6.92 Å². The van der Waals surface area contributed by atoms with Crippen LogP contribution in [0.4, 0.5) is 4.79 Å². The van der Waals surface area contributed by atoms with Crippen LogP contribution in [0.2, 0.25) is 0 Å². The molecule has 1 aromatic carbocycles. The number of thioether (sulfide) groups is 1. The number of amides is 3. The quantitative estimate of drug-likeness (QED) is 0.561. The predicted octanol–water partition coefficient (Wildman–Crippen LogP) is 3.06. The Morgan fingerprint density at radius 2 is 1.93 bits per heavy atom. The molecule has 0 saturated carbocycles. The molecule has 9 heteroatoms. The Morgan fingerprint density at radius 3 is 2.57 bits per heavy atom. The van der Waals surface area contributed by atoms with Gasteiger partial charge in [-0.2, -0.15) is 0 Å². The third kappa shape index (κ3) is 7.07. The van der Waals surface area contributed by atoms with E-state index in [0.717, 1.165) is 5.69 Å². The monoisotopic (exact) mass is 405 g/mol. The first kappa shape index (κ1) is 21.5. The van der Waals surface area contributed by atoms with E-state index in [1.165, 1.54) is 11.8 Å². The molecule has 0 fully saturated rings. The van der Waals surface area contributed by atoms with Crippen molar-refractivity contribution in [3.63, 3.8) is 0 Å². The molecular weight excluding hydrogens is 382 g/mol. The highest BCUT2D eigenvalue weighted by molar-refractivity contribution is 7.98. The van der Waals surface area contributed by atoms with Gasteiger partial charge in [0.15, 0.2) is 6.61 Å². The summed E-state index contributed by atoms with van der Waals surface area (Å²) in [5.41, 5.74) is 0.606. The largest absolute Gasteiger partial charge is 0.452 e. The lowest BCUT2D eigenvalue weighted by Gasteiger charge is -2.20. The van der Waals surface area contributed by atoms with Gasteiger partial charge in [0.05, 0.1) is 11.3 Å². The lowest BCUT2D eigenvalue weighted by molar-refractivity contribution is -0.123. The summed E-state index contributed by atoms with van der Waals surface area (Å²) in [6.07, 6.45) is 0. The van der Waals surface area contributed by atoms with Crippen LogP contribution in [0.25, 0.3) is 0 Å². The number of hydrogen-bond acceptors (Lipinski definition) is 7. The number of carbonyl (C=O) groups excluding carboxylic acids is 3. The van der Waals surface area contributed by atoms with Crippen LogP contribution < -0.4 is 10.6 Å². The molecule has 28 heavy (non-hydrogen) atoms. The van der Waals surface area contributed by atoms with Crippen LogP contribution in [0.15, 0.2) is 39.8 Å². The number of aryl methyl sites for hydroxylation is 1. The zero-order chi connectivity index (χ0) is 20.7. The lowest BCUT2D eigenvalue weighted by atomic mass is 10.1. The SMILES string of the molecule is Cc1cc(CSc2ccccc2C(=O)OCC(=O)NC(=O)NC(C)(C)C)no1. The van der Waals surface area contributed by atoms with Gasteiger partial charge in [0, 0.05) is 22.3 Å². The summed E-state index contributed by atoms with van der Waals surface area (Å²) < 4.78 is 10.1. The van der Waals surface area contributed by atoms with Crippen molar-refractivity contribution in [2.45, 2.75) is 43.9 Å². The van der Waals surface area contributed by atoms with E-state index >= 15 is 0 Å². The van der Waals surface area contributed by atoms with E-state index in [-0.39, 0.29) is 0 Å². The van der Waals surface area contributed by atoms with Gasteiger partial charge in [0.2, 0.25) is 0 Å². The van der Waals surface area contributed by atoms with Gasteiger partial charge in [0.25, 0.3) is 5.91 Å². The first-order chi connectivity index (χ1) is 13.1. The standard InChI is InChI=1S/C19H23N3O5S/c1-12-9-13(22-27-12)11-28-15-8-6-5-7-14(15)17(24)26-10-16(23)20-18(25)21-19(2,3)4/h5-9H,10-11H2,1-4H3,(H2,20,21,23,25). The number of urea groups is 1. The van der Waals surface area contributed by atoms with Crippen LogP contribution in [0.5, 0.6) is 0 Å². The van der Waals surface area contributed by atoms with E-state index < -0.39 is 30.1 Å². The molecule has 2 aromatic rings. The minimum Gasteiger partial charge on any atom is -0.452 e. The molecule has 0 unspecified atom stereocenters. The Hall–Kier alpha value is -2.81. The van der Waals surface area contributed by atoms with E-state index in [2.05, 4.69) is 15.8 Å². The van der Waals surface area contributed by atoms with Gasteiger partial charge in [-0.3, -0.25) is 10.1 Å².